The van der Waals surface area contributed by atoms with Gasteiger partial charge in [-0.15, -0.1) is 0 Å². The lowest BCUT2D eigenvalue weighted by atomic mass is 10.0. The fraction of sp³-hybridized carbons (Fsp3) is 1.00. The van der Waals surface area contributed by atoms with Crippen LogP contribution >= 0.6 is 0 Å². The van der Waals surface area contributed by atoms with Crippen molar-refractivity contribution in [3.05, 3.63) is 0 Å². The molecule has 0 aromatic rings. The molecule has 1 fully saturated rings. The highest BCUT2D eigenvalue weighted by Gasteiger charge is 2.26. The third kappa shape index (κ3) is 4.09. The number of sulfonamides is 1. The van der Waals surface area contributed by atoms with Crippen LogP contribution in [0, 0.1) is 5.92 Å². The molecule has 1 saturated carbocycles. The smallest absolute Gasteiger partial charge is 0.214 e. The van der Waals surface area contributed by atoms with Crippen molar-refractivity contribution in [1.82, 2.24) is 4.72 Å². The maximum absolute atomic E-state index is 11.8. The average molecular weight is 235 g/mol. The zero-order valence-corrected chi connectivity index (χ0v) is 10.1. The summed E-state index contributed by atoms with van der Waals surface area (Å²) >= 11 is 0. The first-order valence-electron chi connectivity index (χ1n) is 5.65. The van der Waals surface area contributed by atoms with Gasteiger partial charge in [0.05, 0.1) is 5.25 Å². The molecule has 0 aliphatic heterocycles. The molecule has 2 N–H and O–H groups in total. The van der Waals surface area contributed by atoms with E-state index in [4.69, 9.17) is 5.11 Å². The van der Waals surface area contributed by atoms with Crippen molar-refractivity contribution >= 4 is 10.0 Å². The molecule has 0 saturated heterocycles. The van der Waals surface area contributed by atoms with Gasteiger partial charge in [0.2, 0.25) is 10.0 Å². The summed E-state index contributed by atoms with van der Waals surface area (Å²) in [5.74, 6) is -0.0108. The Morgan fingerprint density at radius 2 is 1.93 bits per heavy atom. The standard InChI is InChI=1S/C10H21NO3S/c1-9(8-12)7-11-15(13,14)10-5-3-2-4-6-10/h9-12H,2-8H2,1H3. The van der Waals surface area contributed by atoms with E-state index in [2.05, 4.69) is 4.72 Å². The van der Waals surface area contributed by atoms with Crippen molar-refractivity contribution in [2.45, 2.75) is 44.3 Å². The summed E-state index contributed by atoms with van der Waals surface area (Å²) in [5, 5.41) is 8.60. The number of hydrogen-bond donors (Lipinski definition) is 2. The summed E-state index contributed by atoms with van der Waals surface area (Å²) < 4.78 is 26.2. The molecule has 1 rings (SSSR count). The molecule has 4 nitrogen and oxygen atoms in total. The predicted molar refractivity (Wildman–Crippen MR) is 60.0 cm³/mol. The topological polar surface area (TPSA) is 66.4 Å². The van der Waals surface area contributed by atoms with Crippen LogP contribution in [0.5, 0.6) is 0 Å². The number of rotatable bonds is 5. The van der Waals surface area contributed by atoms with E-state index in [9.17, 15) is 8.42 Å². The van der Waals surface area contributed by atoms with Gasteiger partial charge >= 0.3 is 0 Å². The van der Waals surface area contributed by atoms with Gasteiger partial charge < -0.3 is 5.11 Å². The Morgan fingerprint density at radius 1 is 1.33 bits per heavy atom. The zero-order valence-electron chi connectivity index (χ0n) is 9.28. The molecule has 0 radical (unpaired) electrons. The van der Waals surface area contributed by atoms with Crippen LogP contribution in [0.3, 0.4) is 0 Å². The molecule has 1 aliphatic rings. The Balaban J connectivity index is 2.43. The van der Waals surface area contributed by atoms with Gasteiger partial charge in [0.25, 0.3) is 0 Å². The van der Waals surface area contributed by atoms with Crippen molar-refractivity contribution in [3.63, 3.8) is 0 Å². The molecule has 1 unspecified atom stereocenters. The SMILES string of the molecule is CC(CO)CNS(=O)(=O)C1CCCCC1. The van der Waals surface area contributed by atoms with Gasteiger partial charge in [0, 0.05) is 13.2 Å². The number of aliphatic hydroxyl groups excluding tert-OH is 1. The molecule has 1 aliphatic carbocycles. The largest absolute Gasteiger partial charge is 0.396 e. The quantitative estimate of drug-likeness (QED) is 0.743. The van der Waals surface area contributed by atoms with Gasteiger partial charge in [-0.25, -0.2) is 13.1 Å². The summed E-state index contributed by atoms with van der Waals surface area (Å²) in [4.78, 5) is 0. The first-order chi connectivity index (χ1) is 7.06. The van der Waals surface area contributed by atoms with Crippen LogP contribution in [0.15, 0.2) is 0 Å². The van der Waals surface area contributed by atoms with Crippen LogP contribution in [-0.2, 0) is 10.0 Å². The fourth-order valence-electron chi connectivity index (χ4n) is 1.82. The lowest BCUT2D eigenvalue weighted by molar-refractivity contribution is 0.238. The molecule has 90 valence electrons. The van der Waals surface area contributed by atoms with E-state index in [1.165, 1.54) is 0 Å². The zero-order chi connectivity index (χ0) is 11.3. The van der Waals surface area contributed by atoms with E-state index in [0.717, 1.165) is 32.1 Å². The van der Waals surface area contributed by atoms with Crippen LogP contribution in [-0.4, -0.2) is 31.9 Å². The Labute approximate surface area is 92.1 Å². The van der Waals surface area contributed by atoms with E-state index in [-0.39, 0.29) is 17.8 Å². The molecule has 0 bridgehead atoms. The second-order valence-electron chi connectivity index (χ2n) is 4.44. The van der Waals surface area contributed by atoms with Gasteiger partial charge in [-0.2, -0.15) is 0 Å². The van der Waals surface area contributed by atoms with E-state index < -0.39 is 10.0 Å². The van der Waals surface area contributed by atoms with Crippen LogP contribution in [0.2, 0.25) is 0 Å². The molecule has 5 heteroatoms. The Bertz CT molecular complexity index is 270. The maximum Gasteiger partial charge on any atom is 0.214 e. The molecule has 0 heterocycles. The summed E-state index contributed by atoms with van der Waals surface area (Å²) in [6, 6.07) is 0. The number of nitrogens with one attached hydrogen (secondary N) is 1. The van der Waals surface area contributed by atoms with Crippen molar-refractivity contribution in [2.24, 2.45) is 5.92 Å². The van der Waals surface area contributed by atoms with Crippen LogP contribution < -0.4 is 4.72 Å². The monoisotopic (exact) mass is 235 g/mol. The van der Waals surface area contributed by atoms with Crippen molar-refractivity contribution in [2.75, 3.05) is 13.2 Å². The van der Waals surface area contributed by atoms with E-state index in [1.807, 2.05) is 6.92 Å². The van der Waals surface area contributed by atoms with Crippen LogP contribution in [0.4, 0.5) is 0 Å². The van der Waals surface area contributed by atoms with Gasteiger partial charge in [0.15, 0.2) is 0 Å². The number of hydrogen-bond acceptors (Lipinski definition) is 3. The van der Waals surface area contributed by atoms with Gasteiger partial charge in [-0.1, -0.05) is 26.2 Å². The molecule has 0 amide bonds. The lowest BCUT2D eigenvalue weighted by Crippen LogP contribution is -2.38. The lowest BCUT2D eigenvalue weighted by Gasteiger charge is -2.22. The van der Waals surface area contributed by atoms with Crippen LogP contribution in [0.25, 0.3) is 0 Å². The van der Waals surface area contributed by atoms with Crippen molar-refractivity contribution < 1.29 is 13.5 Å². The molecule has 15 heavy (non-hydrogen) atoms. The molecule has 0 aromatic heterocycles. The first kappa shape index (κ1) is 12.9. The summed E-state index contributed by atoms with van der Waals surface area (Å²) in [7, 11) is -3.15. The van der Waals surface area contributed by atoms with E-state index in [1.54, 1.807) is 0 Å². The summed E-state index contributed by atoms with van der Waals surface area (Å²) in [6.45, 7) is 2.19. The second kappa shape index (κ2) is 5.82. The highest BCUT2D eigenvalue weighted by Crippen LogP contribution is 2.22. The average Bonchev–Trinajstić information content (AvgIpc) is 2.27. The number of aliphatic hydroxyl groups is 1. The minimum absolute atomic E-state index is 0.0108. The molecule has 0 spiro atoms. The normalized spacial score (nSPS) is 21.5. The minimum atomic E-state index is -3.15. The molecular formula is C10H21NO3S. The van der Waals surface area contributed by atoms with Crippen molar-refractivity contribution in [3.8, 4) is 0 Å². The highest BCUT2D eigenvalue weighted by atomic mass is 32.2. The van der Waals surface area contributed by atoms with Crippen LogP contribution in [0.1, 0.15) is 39.0 Å². The third-order valence-electron chi connectivity index (χ3n) is 2.94. The highest BCUT2D eigenvalue weighted by molar-refractivity contribution is 7.90. The van der Waals surface area contributed by atoms with Gasteiger partial charge in [-0.3, -0.25) is 0 Å². The predicted octanol–water partition coefficient (Wildman–Crippen LogP) is 0.867. The molecule has 0 aromatic carbocycles. The second-order valence-corrected chi connectivity index (χ2v) is 6.49. The maximum atomic E-state index is 11.8. The summed E-state index contributed by atoms with van der Waals surface area (Å²) in [6.07, 6.45) is 4.74. The van der Waals surface area contributed by atoms with Gasteiger partial charge in [-0.05, 0) is 18.8 Å². The van der Waals surface area contributed by atoms with E-state index in [0.29, 0.717) is 6.54 Å². The first-order valence-corrected chi connectivity index (χ1v) is 7.20. The third-order valence-corrected chi connectivity index (χ3v) is 4.85. The Kier molecular flexibility index (Phi) is 5.02. The molecular weight excluding hydrogens is 214 g/mol. The van der Waals surface area contributed by atoms with E-state index >= 15 is 0 Å². The molecule has 1 atom stereocenters. The van der Waals surface area contributed by atoms with Gasteiger partial charge in [0.1, 0.15) is 0 Å². The Morgan fingerprint density at radius 3 is 2.47 bits per heavy atom. The minimum Gasteiger partial charge on any atom is -0.396 e. The Hall–Kier alpha value is -0.130. The fourth-order valence-corrected chi connectivity index (χ4v) is 3.52. The van der Waals surface area contributed by atoms with Crippen molar-refractivity contribution in [1.29, 1.82) is 0 Å². The summed E-state index contributed by atoms with van der Waals surface area (Å²) in [5.41, 5.74) is 0.